The van der Waals surface area contributed by atoms with Crippen molar-refractivity contribution >= 4 is 11.8 Å². The van der Waals surface area contributed by atoms with Crippen molar-refractivity contribution in [2.75, 3.05) is 31.6 Å². The Labute approximate surface area is 106 Å². The fourth-order valence-corrected chi connectivity index (χ4v) is 3.08. The van der Waals surface area contributed by atoms with E-state index in [1.165, 1.54) is 38.2 Å². The highest BCUT2D eigenvalue weighted by molar-refractivity contribution is 7.98. The van der Waals surface area contributed by atoms with E-state index in [1.54, 1.807) is 0 Å². The first-order chi connectivity index (χ1) is 7.69. The van der Waals surface area contributed by atoms with Gasteiger partial charge in [0, 0.05) is 24.4 Å². The highest BCUT2D eigenvalue weighted by Crippen LogP contribution is 2.15. The molecule has 3 unspecified atom stereocenters. The van der Waals surface area contributed by atoms with Crippen LogP contribution in [0, 0.1) is 5.92 Å². The topological polar surface area (TPSA) is 15.3 Å². The van der Waals surface area contributed by atoms with Crippen LogP contribution in [-0.2, 0) is 0 Å². The van der Waals surface area contributed by atoms with Gasteiger partial charge in [-0.1, -0.05) is 20.3 Å². The van der Waals surface area contributed by atoms with Crippen LogP contribution in [0.15, 0.2) is 0 Å². The van der Waals surface area contributed by atoms with Crippen molar-refractivity contribution in [1.82, 2.24) is 10.2 Å². The maximum atomic E-state index is 3.71. The zero-order valence-electron chi connectivity index (χ0n) is 11.3. The van der Waals surface area contributed by atoms with Crippen LogP contribution in [0.2, 0.25) is 0 Å². The van der Waals surface area contributed by atoms with Gasteiger partial charge in [0.15, 0.2) is 0 Å². The fourth-order valence-electron chi connectivity index (χ4n) is 2.39. The van der Waals surface area contributed by atoms with E-state index in [4.69, 9.17) is 0 Å². The summed E-state index contributed by atoms with van der Waals surface area (Å²) in [5.74, 6) is 2.05. The quantitative estimate of drug-likeness (QED) is 0.800. The number of nitrogens with one attached hydrogen (secondary N) is 1. The molecule has 2 nitrogen and oxygen atoms in total. The van der Waals surface area contributed by atoms with Gasteiger partial charge in [0.2, 0.25) is 0 Å². The smallest absolute Gasteiger partial charge is 0.0220 e. The van der Waals surface area contributed by atoms with E-state index < -0.39 is 0 Å². The Morgan fingerprint density at radius 3 is 2.81 bits per heavy atom. The summed E-state index contributed by atoms with van der Waals surface area (Å²) >= 11 is 1.96. The van der Waals surface area contributed by atoms with Gasteiger partial charge in [-0.3, -0.25) is 4.90 Å². The molecule has 0 radical (unpaired) electrons. The predicted octanol–water partition coefficient (Wildman–Crippen LogP) is 2.45. The van der Waals surface area contributed by atoms with Gasteiger partial charge in [-0.15, -0.1) is 0 Å². The van der Waals surface area contributed by atoms with Crippen LogP contribution in [0.4, 0.5) is 0 Å². The predicted molar refractivity (Wildman–Crippen MR) is 75.3 cm³/mol. The Morgan fingerprint density at radius 1 is 1.44 bits per heavy atom. The summed E-state index contributed by atoms with van der Waals surface area (Å²) in [5.41, 5.74) is 0. The molecule has 0 spiro atoms. The van der Waals surface area contributed by atoms with Gasteiger partial charge < -0.3 is 5.32 Å². The Kier molecular flexibility index (Phi) is 6.78. The molecule has 3 heteroatoms. The normalized spacial score (nSPS) is 27.4. The summed E-state index contributed by atoms with van der Waals surface area (Å²) in [6, 6.07) is 1.42. The van der Waals surface area contributed by atoms with E-state index >= 15 is 0 Å². The Balaban J connectivity index is 2.51. The van der Waals surface area contributed by atoms with Gasteiger partial charge in [0.05, 0.1) is 0 Å². The maximum Gasteiger partial charge on any atom is 0.0220 e. The van der Waals surface area contributed by atoms with Crippen molar-refractivity contribution in [3.63, 3.8) is 0 Å². The van der Waals surface area contributed by atoms with Gasteiger partial charge in [-0.2, -0.15) is 11.8 Å². The molecular weight excluding hydrogens is 216 g/mol. The van der Waals surface area contributed by atoms with Crippen LogP contribution in [0.25, 0.3) is 0 Å². The molecule has 16 heavy (non-hydrogen) atoms. The lowest BCUT2D eigenvalue weighted by atomic mass is 9.98. The first-order valence-corrected chi connectivity index (χ1v) is 8.04. The van der Waals surface area contributed by atoms with Gasteiger partial charge in [-0.25, -0.2) is 0 Å². The molecule has 0 saturated carbocycles. The highest BCUT2D eigenvalue weighted by atomic mass is 32.2. The Hall–Kier alpha value is 0.270. The molecule has 0 aromatic carbocycles. The summed E-state index contributed by atoms with van der Waals surface area (Å²) < 4.78 is 0. The van der Waals surface area contributed by atoms with E-state index in [9.17, 15) is 0 Å². The van der Waals surface area contributed by atoms with E-state index in [0.717, 1.165) is 12.0 Å². The Morgan fingerprint density at radius 2 is 2.19 bits per heavy atom. The molecule has 1 heterocycles. The minimum absolute atomic E-state index is 0.691. The third kappa shape index (κ3) is 4.27. The molecule has 0 aromatic heterocycles. The van der Waals surface area contributed by atoms with Crippen LogP contribution in [-0.4, -0.2) is 48.6 Å². The SMILES string of the molecule is CCC(C)C1CN(C(C)CSC)CCCN1. The maximum absolute atomic E-state index is 3.71. The molecule has 0 amide bonds. The van der Waals surface area contributed by atoms with Crippen molar-refractivity contribution in [3.8, 4) is 0 Å². The number of thioether (sulfide) groups is 1. The second kappa shape index (κ2) is 7.57. The molecule has 0 aliphatic carbocycles. The number of hydrogen-bond donors (Lipinski definition) is 1. The van der Waals surface area contributed by atoms with Crippen molar-refractivity contribution < 1.29 is 0 Å². The van der Waals surface area contributed by atoms with Gasteiger partial charge >= 0.3 is 0 Å². The molecular formula is C13H28N2S. The van der Waals surface area contributed by atoms with E-state index in [2.05, 4.69) is 37.2 Å². The lowest BCUT2D eigenvalue weighted by Gasteiger charge is -2.32. The minimum Gasteiger partial charge on any atom is -0.312 e. The van der Waals surface area contributed by atoms with Crippen molar-refractivity contribution in [2.24, 2.45) is 5.92 Å². The van der Waals surface area contributed by atoms with Crippen molar-refractivity contribution in [2.45, 2.75) is 45.7 Å². The standard InChI is InChI=1S/C13H28N2S/c1-5-11(2)13-9-15(8-6-7-14-13)12(3)10-16-4/h11-14H,5-10H2,1-4H3. The second-order valence-corrected chi connectivity index (χ2v) is 6.01. The lowest BCUT2D eigenvalue weighted by Crippen LogP contribution is -2.45. The summed E-state index contributed by atoms with van der Waals surface area (Å²) in [5, 5.41) is 3.71. The number of nitrogens with zero attached hydrogens (tertiary/aromatic N) is 1. The summed E-state index contributed by atoms with van der Waals surface area (Å²) in [7, 11) is 0. The second-order valence-electron chi connectivity index (χ2n) is 5.10. The summed E-state index contributed by atoms with van der Waals surface area (Å²) in [6.45, 7) is 10.7. The third-order valence-electron chi connectivity index (χ3n) is 3.82. The van der Waals surface area contributed by atoms with Crippen LogP contribution in [0.3, 0.4) is 0 Å². The number of rotatable bonds is 5. The average Bonchev–Trinajstić information content (AvgIpc) is 2.54. The first kappa shape index (κ1) is 14.3. The van der Waals surface area contributed by atoms with Crippen LogP contribution in [0.5, 0.6) is 0 Å². The van der Waals surface area contributed by atoms with Gasteiger partial charge in [-0.05, 0) is 38.6 Å². The third-order valence-corrected chi connectivity index (χ3v) is 4.64. The molecule has 0 aromatic rings. The first-order valence-electron chi connectivity index (χ1n) is 6.65. The average molecular weight is 244 g/mol. The molecule has 96 valence electrons. The number of hydrogen-bond acceptors (Lipinski definition) is 3. The van der Waals surface area contributed by atoms with Crippen LogP contribution < -0.4 is 5.32 Å². The van der Waals surface area contributed by atoms with Gasteiger partial charge in [0.1, 0.15) is 0 Å². The van der Waals surface area contributed by atoms with Crippen LogP contribution in [0.1, 0.15) is 33.6 Å². The van der Waals surface area contributed by atoms with Gasteiger partial charge in [0.25, 0.3) is 0 Å². The molecule has 1 aliphatic heterocycles. The molecule has 1 saturated heterocycles. The fraction of sp³-hybridized carbons (Fsp3) is 1.00. The Bertz CT molecular complexity index is 187. The van der Waals surface area contributed by atoms with Crippen LogP contribution >= 0.6 is 11.8 Å². The molecule has 1 aliphatic rings. The monoisotopic (exact) mass is 244 g/mol. The van der Waals surface area contributed by atoms with E-state index in [-0.39, 0.29) is 0 Å². The minimum atomic E-state index is 0.691. The molecule has 0 bridgehead atoms. The van der Waals surface area contributed by atoms with E-state index in [1.807, 2.05) is 11.8 Å². The highest BCUT2D eigenvalue weighted by Gasteiger charge is 2.24. The van der Waals surface area contributed by atoms with Crippen molar-refractivity contribution in [3.05, 3.63) is 0 Å². The molecule has 1 N–H and O–H groups in total. The van der Waals surface area contributed by atoms with E-state index in [0.29, 0.717) is 6.04 Å². The summed E-state index contributed by atoms with van der Waals surface area (Å²) in [6.07, 6.45) is 4.78. The zero-order valence-corrected chi connectivity index (χ0v) is 12.1. The molecule has 1 rings (SSSR count). The molecule has 3 atom stereocenters. The molecule has 1 fully saturated rings. The zero-order chi connectivity index (χ0) is 12.0. The largest absolute Gasteiger partial charge is 0.312 e. The van der Waals surface area contributed by atoms with Crippen molar-refractivity contribution in [1.29, 1.82) is 0 Å². The lowest BCUT2D eigenvalue weighted by molar-refractivity contribution is 0.200. The summed E-state index contributed by atoms with van der Waals surface area (Å²) in [4.78, 5) is 2.67.